The van der Waals surface area contributed by atoms with Crippen molar-refractivity contribution in [2.75, 3.05) is 32.7 Å². The fraction of sp³-hybridized carbons (Fsp3) is 0.650. The third kappa shape index (κ3) is 24.6. The molecule has 1 aliphatic heterocycles. The Balaban J connectivity index is 3.26. The largest absolute Gasteiger partial charge is 0.481 e. The van der Waals surface area contributed by atoms with Crippen LogP contribution >= 0.6 is 0 Å². The lowest BCUT2D eigenvalue weighted by Gasteiger charge is -2.29. The minimum absolute atomic E-state index is 0.0110. The summed E-state index contributed by atoms with van der Waals surface area (Å²) < 4.78 is 0. The Bertz CT molecular complexity index is 2010. The molecule has 0 aromatic heterocycles. The van der Waals surface area contributed by atoms with Gasteiger partial charge in [0.25, 0.3) is 0 Å². The number of hydrogen-bond donors (Lipinski definition) is 17. The Hall–Kier alpha value is -7.90. The number of rotatable bonds is 34. The summed E-state index contributed by atoms with van der Waals surface area (Å²) in [6.45, 7) is -0.175. The molecule has 1 saturated heterocycles. The highest BCUT2D eigenvalue weighted by atomic mass is 16.4. The third-order valence-corrected chi connectivity index (χ3v) is 10.6. The van der Waals surface area contributed by atoms with Gasteiger partial charge in [-0.2, -0.15) is 0 Å². The Morgan fingerprint density at radius 2 is 1.03 bits per heavy atom. The molecular formula is C40H69N17O15. The molecule has 32 heteroatoms. The predicted molar refractivity (Wildman–Crippen MR) is 251 cm³/mol. The van der Waals surface area contributed by atoms with Crippen molar-refractivity contribution in [2.45, 2.75) is 132 Å². The number of aliphatic hydroxyl groups is 1. The number of carbonyl (C=O) groups is 12. The molecule has 72 heavy (non-hydrogen) atoms. The summed E-state index contributed by atoms with van der Waals surface area (Å²) in [7, 11) is 0. The van der Waals surface area contributed by atoms with E-state index in [2.05, 4.69) is 41.9 Å². The number of amides is 10. The maximum absolute atomic E-state index is 13.8. The van der Waals surface area contributed by atoms with Crippen LogP contribution in [0.5, 0.6) is 0 Å². The van der Waals surface area contributed by atoms with Crippen molar-refractivity contribution in [3.63, 3.8) is 0 Å². The Labute approximate surface area is 412 Å². The highest BCUT2D eigenvalue weighted by molar-refractivity contribution is 5.98. The lowest BCUT2D eigenvalue weighted by atomic mass is 10.0. The summed E-state index contributed by atoms with van der Waals surface area (Å²) in [4.78, 5) is 162. The normalized spacial score (nSPS) is 15.8. The zero-order valence-corrected chi connectivity index (χ0v) is 39.8. The van der Waals surface area contributed by atoms with E-state index in [1.807, 2.05) is 5.32 Å². The van der Waals surface area contributed by atoms with Crippen molar-refractivity contribution in [1.29, 1.82) is 0 Å². The number of carboxylic acid groups (broad SMARTS) is 2. The number of nitrogens with two attached hydrogens (primary N) is 7. The summed E-state index contributed by atoms with van der Waals surface area (Å²) in [6.07, 6.45) is -3.91. The first-order valence-corrected chi connectivity index (χ1v) is 22.6. The smallest absolute Gasteiger partial charge is 0.322 e. The van der Waals surface area contributed by atoms with E-state index in [0.717, 1.165) is 11.8 Å². The van der Waals surface area contributed by atoms with Crippen molar-refractivity contribution in [3.05, 3.63) is 0 Å². The van der Waals surface area contributed by atoms with Crippen LogP contribution < -0.4 is 77.4 Å². The van der Waals surface area contributed by atoms with E-state index in [0.29, 0.717) is 6.42 Å². The van der Waals surface area contributed by atoms with Crippen molar-refractivity contribution < 1.29 is 72.9 Å². The molecule has 10 amide bonds. The van der Waals surface area contributed by atoms with E-state index in [1.54, 1.807) is 0 Å². The van der Waals surface area contributed by atoms with Gasteiger partial charge in [0.05, 0.1) is 18.7 Å². The average Bonchev–Trinajstić information content (AvgIpc) is 3.80. The van der Waals surface area contributed by atoms with E-state index >= 15 is 0 Å². The first-order valence-electron chi connectivity index (χ1n) is 22.6. The first-order chi connectivity index (χ1) is 33.7. The number of nitrogens with one attached hydrogen (secondary N) is 7. The lowest BCUT2D eigenvalue weighted by Crippen LogP contribution is -2.61. The molecule has 1 rings (SSSR count). The maximum atomic E-state index is 13.8. The number of aliphatic imine (C=N–C) groups is 2. The molecule has 1 fully saturated rings. The van der Waals surface area contributed by atoms with E-state index in [-0.39, 0.29) is 63.7 Å². The van der Waals surface area contributed by atoms with Gasteiger partial charge in [-0.05, 0) is 64.7 Å². The quantitative estimate of drug-likeness (QED) is 0.0162. The number of carbonyl (C=O) groups excluding carboxylic acids is 10. The fourth-order valence-corrected chi connectivity index (χ4v) is 6.82. The molecule has 0 unspecified atom stereocenters. The SMILES string of the molecule is C[C@@H](O)[C@H](NC(=O)[C@H](CCC(N)=O)NC(=O)[C@H](CCC(=O)O)NC(=O)[C@@H]1CCCN1C(=O)CNC(=O)[C@H](CCCN=C(N)N)NC(=O)[C@@H](N)CCCN=C(N)N)C(=O)N[C@@H](CCC(N)=O)C(=O)NCC(=O)O. The molecule has 0 aromatic rings. The van der Waals surface area contributed by atoms with Gasteiger partial charge in [-0.1, -0.05) is 0 Å². The van der Waals surface area contributed by atoms with Crippen LogP contribution in [0.2, 0.25) is 0 Å². The van der Waals surface area contributed by atoms with Crippen LogP contribution in [0.1, 0.15) is 84.0 Å². The molecule has 0 aromatic carbocycles. The fourth-order valence-electron chi connectivity index (χ4n) is 6.82. The van der Waals surface area contributed by atoms with Crippen molar-refractivity contribution in [1.82, 2.24) is 42.1 Å². The Morgan fingerprint density at radius 3 is 1.54 bits per heavy atom. The Kier molecular flexibility index (Phi) is 27.7. The van der Waals surface area contributed by atoms with Gasteiger partial charge in [-0.25, -0.2) is 0 Å². The van der Waals surface area contributed by atoms with Crippen molar-refractivity contribution in [2.24, 2.45) is 50.1 Å². The Morgan fingerprint density at radius 1 is 0.569 bits per heavy atom. The summed E-state index contributed by atoms with van der Waals surface area (Å²) in [5.41, 5.74) is 37.8. The maximum Gasteiger partial charge on any atom is 0.322 e. The van der Waals surface area contributed by atoms with Crippen LogP contribution in [0.15, 0.2) is 9.98 Å². The number of aliphatic carboxylic acids is 2. The third-order valence-electron chi connectivity index (χ3n) is 10.6. The van der Waals surface area contributed by atoms with Gasteiger partial charge < -0.3 is 97.6 Å². The van der Waals surface area contributed by atoms with Crippen LogP contribution in [-0.2, 0) is 57.5 Å². The summed E-state index contributed by atoms with van der Waals surface area (Å²) in [5, 5.41) is 44.9. The molecule has 0 aliphatic carbocycles. The second-order valence-corrected chi connectivity index (χ2v) is 16.5. The number of guanidine groups is 2. The minimum atomic E-state index is -1.90. The molecule has 32 nitrogen and oxygen atoms in total. The number of hydrogen-bond acceptors (Lipinski definition) is 16. The molecule has 24 N–H and O–H groups in total. The number of aliphatic hydroxyl groups excluding tert-OH is 1. The first kappa shape index (κ1) is 62.1. The molecule has 1 heterocycles. The summed E-state index contributed by atoms with van der Waals surface area (Å²) in [6, 6.07) is -10.5. The summed E-state index contributed by atoms with van der Waals surface area (Å²) >= 11 is 0. The number of nitrogens with zero attached hydrogens (tertiary/aromatic N) is 3. The highest BCUT2D eigenvalue weighted by Gasteiger charge is 2.38. The number of likely N-dealkylation sites (tertiary alicyclic amines) is 1. The van der Waals surface area contributed by atoms with Gasteiger partial charge in [-0.15, -0.1) is 0 Å². The van der Waals surface area contributed by atoms with Gasteiger partial charge in [0.15, 0.2) is 11.9 Å². The topological polar surface area (TPSA) is 560 Å². The molecule has 0 bridgehead atoms. The van der Waals surface area contributed by atoms with E-state index < -0.39 is 171 Å². The molecular weight excluding hydrogens is 959 g/mol. The van der Waals surface area contributed by atoms with Crippen molar-refractivity contribution in [3.8, 4) is 0 Å². The number of carboxylic acids is 2. The van der Waals surface area contributed by atoms with E-state index in [1.165, 1.54) is 0 Å². The average molecular weight is 1030 g/mol. The standard InChI is InChI=1S/C40H69N17O15/c1-19(58)31(38(72)55-22(8-11-26(42)59)34(68)51-18-30(64)65)56-36(70)23(9-12-27(43)60)53-35(69)24(10-13-29(62)63)54-37(71)25-7-4-16-57(25)28(61)17-50-33(67)21(6-3-15-49-40(46)47)52-32(66)20(41)5-2-14-48-39(44)45/h19-25,31,58H,2-18,41H2,1H3,(H2,42,59)(H2,43,60)(H,50,67)(H,51,68)(H,52,66)(H,53,69)(H,54,71)(H,55,72)(H,56,70)(H,62,63)(H,64,65)(H4,44,45,48)(H4,46,47,49)/t19-,20+,21+,22+,23+,24+,25+,31+/m1/s1. The lowest BCUT2D eigenvalue weighted by molar-refractivity contribution is -0.141. The second-order valence-electron chi connectivity index (χ2n) is 16.5. The minimum Gasteiger partial charge on any atom is -0.481 e. The zero-order chi connectivity index (χ0) is 54.7. The van der Waals surface area contributed by atoms with Gasteiger partial charge >= 0.3 is 11.9 Å². The monoisotopic (exact) mass is 1030 g/mol. The van der Waals surface area contributed by atoms with Crippen LogP contribution in [-0.4, -0.2) is 184 Å². The molecule has 0 radical (unpaired) electrons. The highest BCUT2D eigenvalue weighted by Crippen LogP contribution is 2.18. The predicted octanol–water partition coefficient (Wildman–Crippen LogP) is -9.07. The van der Waals surface area contributed by atoms with Crippen LogP contribution in [0, 0.1) is 0 Å². The molecule has 0 saturated carbocycles. The van der Waals surface area contributed by atoms with Crippen LogP contribution in [0.25, 0.3) is 0 Å². The van der Waals surface area contributed by atoms with Crippen LogP contribution in [0.4, 0.5) is 0 Å². The van der Waals surface area contributed by atoms with Gasteiger partial charge in [0.2, 0.25) is 59.1 Å². The zero-order valence-electron chi connectivity index (χ0n) is 39.8. The van der Waals surface area contributed by atoms with E-state index in [9.17, 15) is 67.7 Å². The van der Waals surface area contributed by atoms with Crippen LogP contribution in [0.3, 0.4) is 0 Å². The van der Waals surface area contributed by atoms with E-state index in [4.69, 9.17) is 45.2 Å². The van der Waals surface area contributed by atoms with Gasteiger partial charge in [0.1, 0.15) is 42.8 Å². The van der Waals surface area contributed by atoms with Gasteiger partial charge in [-0.3, -0.25) is 67.5 Å². The van der Waals surface area contributed by atoms with Crippen molar-refractivity contribution >= 4 is 82.9 Å². The molecule has 0 spiro atoms. The number of primary amides is 2. The molecule has 404 valence electrons. The molecule has 1 aliphatic rings. The summed E-state index contributed by atoms with van der Waals surface area (Å²) in [5.74, 6) is -12.9. The second kappa shape index (κ2) is 32.1. The molecule has 8 atom stereocenters. The van der Waals surface area contributed by atoms with Gasteiger partial charge in [0, 0.05) is 38.9 Å².